The van der Waals surface area contributed by atoms with Crippen LogP contribution in [-0.2, 0) is 0 Å². The molecule has 0 bridgehead atoms. The topological polar surface area (TPSA) is 68.0 Å². The standard InChI is InChI=1S/C12H19N3O/c1-8(13)6-7-14-12(16)11-5-4-9(2)15-10(11)3/h4-5,8H,6-7,13H2,1-3H3,(H,14,16). The summed E-state index contributed by atoms with van der Waals surface area (Å²) in [6.45, 7) is 6.27. The van der Waals surface area contributed by atoms with Crippen molar-refractivity contribution in [2.24, 2.45) is 5.73 Å². The molecule has 0 saturated carbocycles. The van der Waals surface area contributed by atoms with E-state index in [1.165, 1.54) is 0 Å². The number of aromatic nitrogens is 1. The number of carbonyl (C=O) groups excluding carboxylic acids is 1. The van der Waals surface area contributed by atoms with Crippen molar-refractivity contribution in [3.63, 3.8) is 0 Å². The van der Waals surface area contributed by atoms with E-state index < -0.39 is 0 Å². The molecule has 1 atom stereocenters. The summed E-state index contributed by atoms with van der Waals surface area (Å²) in [5, 5.41) is 2.83. The fourth-order valence-electron chi connectivity index (χ4n) is 1.44. The predicted octanol–water partition coefficient (Wildman–Crippen LogP) is 1.17. The zero-order valence-corrected chi connectivity index (χ0v) is 10.1. The lowest BCUT2D eigenvalue weighted by Crippen LogP contribution is -2.29. The van der Waals surface area contributed by atoms with Crippen LogP contribution >= 0.6 is 0 Å². The van der Waals surface area contributed by atoms with Crippen LogP contribution < -0.4 is 11.1 Å². The van der Waals surface area contributed by atoms with Crippen molar-refractivity contribution in [3.05, 3.63) is 29.1 Å². The maximum Gasteiger partial charge on any atom is 0.253 e. The zero-order chi connectivity index (χ0) is 12.1. The summed E-state index contributed by atoms with van der Waals surface area (Å²) < 4.78 is 0. The Kier molecular flexibility index (Phi) is 4.43. The molecule has 1 heterocycles. The first-order valence-electron chi connectivity index (χ1n) is 5.48. The van der Waals surface area contributed by atoms with Gasteiger partial charge in [0.25, 0.3) is 5.91 Å². The molecule has 0 radical (unpaired) electrons. The summed E-state index contributed by atoms with van der Waals surface area (Å²) in [4.78, 5) is 16.0. The number of nitrogens with zero attached hydrogens (tertiary/aromatic N) is 1. The van der Waals surface area contributed by atoms with Crippen molar-refractivity contribution in [2.75, 3.05) is 6.54 Å². The Balaban J connectivity index is 2.59. The van der Waals surface area contributed by atoms with E-state index in [0.29, 0.717) is 12.1 Å². The van der Waals surface area contributed by atoms with Crippen LogP contribution in [0.4, 0.5) is 0 Å². The third-order valence-corrected chi connectivity index (χ3v) is 2.35. The second-order valence-corrected chi connectivity index (χ2v) is 4.11. The van der Waals surface area contributed by atoms with Crippen LogP contribution in [0, 0.1) is 13.8 Å². The van der Waals surface area contributed by atoms with Gasteiger partial charge >= 0.3 is 0 Å². The van der Waals surface area contributed by atoms with E-state index in [9.17, 15) is 4.79 Å². The number of pyridine rings is 1. The molecule has 1 unspecified atom stereocenters. The molecule has 16 heavy (non-hydrogen) atoms. The van der Waals surface area contributed by atoms with E-state index in [1.54, 1.807) is 6.07 Å². The van der Waals surface area contributed by atoms with Crippen LogP contribution in [0.5, 0.6) is 0 Å². The zero-order valence-electron chi connectivity index (χ0n) is 10.1. The van der Waals surface area contributed by atoms with Crippen molar-refractivity contribution >= 4 is 5.91 Å². The van der Waals surface area contributed by atoms with Crippen molar-refractivity contribution in [1.82, 2.24) is 10.3 Å². The molecular weight excluding hydrogens is 202 g/mol. The molecule has 1 aromatic heterocycles. The molecule has 1 rings (SSSR count). The molecular formula is C12H19N3O. The molecule has 4 nitrogen and oxygen atoms in total. The van der Waals surface area contributed by atoms with E-state index in [1.807, 2.05) is 26.8 Å². The second kappa shape index (κ2) is 5.61. The van der Waals surface area contributed by atoms with Crippen molar-refractivity contribution < 1.29 is 4.79 Å². The first kappa shape index (κ1) is 12.6. The fraction of sp³-hybridized carbons (Fsp3) is 0.500. The predicted molar refractivity (Wildman–Crippen MR) is 64.3 cm³/mol. The van der Waals surface area contributed by atoms with Gasteiger partial charge in [0.05, 0.1) is 11.3 Å². The molecule has 0 aromatic carbocycles. The molecule has 0 saturated heterocycles. The van der Waals surface area contributed by atoms with Gasteiger partial charge in [-0.05, 0) is 39.3 Å². The van der Waals surface area contributed by atoms with Crippen molar-refractivity contribution in [3.8, 4) is 0 Å². The van der Waals surface area contributed by atoms with Gasteiger partial charge in [-0.1, -0.05) is 0 Å². The summed E-state index contributed by atoms with van der Waals surface area (Å²) in [5.74, 6) is -0.0781. The highest BCUT2D eigenvalue weighted by molar-refractivity contribution is 5.95. The largest absolute Gasteiger partial charge is 0.352 e. The van der Waals surface area contributed by atoms with Crippen molar-refractivity contribution in [2.45, 2.75) is 33.2 Å². The summed E-state index contributed by atoms with van der Waals surface area (Å²) in [6, 6.07) is 3.75. The summed E-state index contributed by atoms with van der Waals surface area (Å²) in [5.41, 5.74) is 7.92. The van der Waals surface area contributed by atoms with Gasteiger partial charge in [-0.3, -0.25) is 9.78 Å². The summed E-state index contributed by atoms with van der Waals surface area (Å²) in [7, 11) is 0. The molecule has 3 N–H and O–H groups in total. The molecule has 0 aliphatic rings. The van der Waals surface area contributed by atoms with E-state index in [2.05, 4.69) is 10.3 Å². The molecule has 0 aliphatic carbocycles. The molecule has 88 valence electrons. The molecule has 4 heteroatoms. The Morgan fingerprint density at radius 3 is 2.75 bits per heavy atom. The van der Waals surface area contributed by atoms with Gasteiger partial charge in [0.2, 0.25) is 0 Å². The average Bonchev–Trinajstić information content (AvgIpc) is 2.16. The quantitative estimate of drug-likeness (QED) is 0.801. The number of carbonyl (C=O) groups is 1. The summed E-state index contributed by atoms with van der Waals surface area (Å²) >= 11 is 0. The lowest BCUT2D eigenvalue weighted by atomic mass is 10.1. The number of rotatable bonds is 4. The Labute approximate surface area is 96.3 Å². The van der Waals surface area contributed by atoms with Gasteiger partial charge in [-0.25, -0.2) is 0 Å². The van der Waals surface area contributed by atoms with Crippen LogP contribution in [0.1, 0.15) is 35.1 Å². The maximum absolute atomic E-state index is 11.8. The minimum absolute atomic E-state index is 0.0781. The molecule has 1 aromatic rings. The smallest absolute Gasteiger partial charge is 0.253 e. The molecule has 0 aliphatic heterocycles. The lowest BCUT2D eigenvalue weighted by Gasteiger charge is -2.09. The van der Waals surface area contributed by atoms with Crippen molar-refractivity contribution in [1.29, 1.82) is 0 Å². The molecule has 0 fully saturated rings. The Morgan fingerprint density at radius 1 is 1.50 bits per heavy atom. The maximum atomic E-state index is 11.8. The number of nitrogens with one attached hydrogen (secondary N) is 1. The molecule has 0 spiro atoms. The van der Waals surface area contributed by atoms with Crippen LogP contribution in [0.25, 0.3) is 0 Å². The highest BCUT2D eigenvalue weighted by Gasteiger charge is 2.09. The highest BCUT2D eigenvalue weighted by atomic mass is 16.1. The van der Waals surface area contributed by atoms with Gasteiger partial charge < -0.3 is 11.1 Å². The first-order chi connectivity index (χ1) is 7.50. The first-order valence-corrected chi connectivity index (χ1v) is 5.48. The van der Waals surface area contributed by atoms with Crippen LogP contribution in [-0.4, -0.2) is 23.5 Å². The fourth-order valence-corrected chi connectivity index (χ4v) is 1.44. The SMILES string of the molecule is Cc1ccc(C(=O)NCCC(C)N)c(C)n1. The number of aryl methyl sites for hydroxylation is 2. The third kappa shape index (κ3) is 3.62. The number of amides is 1. The second-order valence-electron chi connectivity index (χ2n) is 4.11. The lowest BCUT2D eigenvalue weighted by molar-refractivity contribution is 0.0952. The van der Waals surface area contributed by atoms with Gasteiger partial charge in [0.15, 0.2) is 0 Å². The number of nitrogens with two attached hydrogens (primary N) is 1. The Bertz CT molecular complexity index is 375. The van der Waals surface area contributed by atoms with Crippen LogP contribution in [0.15, 0.2) is 12.1 Å². The number of hydrogen-bond acceptors (Lipinski definition) is 3. The molecule has 1 amide bonds. The van der Waals surface area contributed by atoms with Crippen LogP contribution in [0.3, 0.4) is 0 Å². The average molecular weight is 221 g/mol. The normalized spacial score (nSPS) is 12.2. The van der Waals surface area contributed by atoms with Gasteiger partial charge in [-0.2, -0.15) is 0 Å². The minimum Gasteiger partial charge on any atom is -0.352 e. The van der Waals surface area contributed by atoms with Crippen LogP contribution in [0.2, 0.25) is 0 Å². The highest BCUT2D eigenvalue weighted by Crippen LogP contribution is 2.06. The van der Waals surface area contributed by atoms with Gasteiger partial charge in [0.1, 0.15) is 0 Å². The minimum atomic E-state index is -0.0781. The van der Waals surface area contributed by atoms with Gasteiger partial charge in [0, 0.05) is 18.3 Å². The summed E-state index contributed by atoms with van der Waals surface area (Å²) in [6.07, 6.45) is 0.782. The van der Waals surface area contributed by atoms with Gasteiger partial charge in [-0.15, -0.1) is 0 Å². The van der Waals surface area contributed by atoms with E-state index >= 15 is 0 Å². The Morgan fingerprint density at radius 2 is 2.19 bits per heavy atom. The third-order valence-electron chi connectivity index (χ3n) is 2.35. The Hall–Kier alpha value is -1.42. The van der Waals surface area contributed by atoms with E-state index in [-0.39, 0.29) is 11.9 Å². The number of hydrogen-bond donors (Lipinski definition) is 2. The van der Waals surface area contributed by atoms with E-state index in [4.69, 9.17) is 5.73 Å². The monoisotopic (exact) mass is 221 g/mol. The van der Waals surface area contributed by atoms with E-state index in [0.717, 1.165) is 17.8 Å².